The van der Waals surface area contributed by atoms with Crippen LogP contribution in [0, 0.1) is 18.8 Å². The highest BCUT2D eigenvalue weighted by Gasteiger charge is 1.95. The van der Waals surface area contributed by atoms with Crippen molar-refractivity contribution >= 4 is 11.7 Å². The number of nitrogens with two attached hydrogens (primary N) is 1. The van der Waals surface area contributed by atoms with Gasteiger partial charge in [0.2, 0.25) is 0 Å². The predicted octanol–water partition coefficient (Wildman–Crippen LogP) is 0.497. The molecule has 0 bridgehead atoms. The van der Waals surface area contributed by atoms with Crippen LogP contribution >= 0.6 is 0 Å². The molecule has 0 amide bonds. The fourth-order valence-electron chi connectivity index (χ4n) is 0.801. The van der Waals surface area contributed by atoms with Crippen molar-refractivity contribution in [3.63, 3.8) is 0 Å². The summed E-state index contributed by atoms with van der Waals surface area (Å²) in [6.07, 6.45) is 1.51. The number of aromatic nitrogens is 1. The van der Waals surface area contributed by atoms with E-state index in [1.165, 1.54) is 13.3 Å². The largest absolute Gasteiger partial charge is 0.459 e. The van der Waals surface area contributed by atoms with Crippen LogP contribution in [0.3, 0.4) is 0 Å². The number of esters is 1. The lowest BCUT2D eigenvalue weighted by Crippen LogP contribution is -1.96. The number of nitrogen functional groups attached to an aromatic ring is 1. The van der Waals surface area contributed by atoms with Crippen LogP contribution in [0.5, 0.6) is 0 Å². The highest BCUT2D eigenvalue weighted by Crippen LogP contribution is 2.08. The Bertz CT molecular complexity index is 416. The van der Waals surface area contributed by atoms with Crippen LogP contribution in [0.25, 0.3) is 0 Å². The van der Waals surface area contributed by atoms with Crippen LogP contribution < -0.4 is 5.73 Å². The van der Waals surface area contributed by atoms with Crippen molar-refractivity contribution in [2.24, 2.45) is 0 Å². The molecule has 0 radical (unpaired) electrons. The van der Waals surface area contributed by atoms with Gasteiger partial charge < -0.3 is 10.5 Å². The van der Waals surface area contributed by atoms with E-state index in [2.05, 4.69) is 21.6 Å². The SMILES string of the molecule is COC(=O)C#Cc1cc(C)c(N)cn1. The maximum Gasteiger partial charge on any atom is 0.384 e. The zero-order chi connectivity index (χ0) is 10.6. The predicted molar refractivity (Wildman–Crippen MR) is 52.3 cm³/mol. The van der Waals surface area contributed by atoms with Gasteiger partial charge in [-0.1, -0.05) is 0 Å². The number of anilines is 1. The van der Waals surface area contributed by atoms with Gasteiger partial charge in [0, 0.05) is 5.92 Å². The molecular formula is C10H10N2O2. The lowest BCUT2D eigenvalue weighted by atomic mass is 10.2. The molecule has 0 spiro atoms. The highest BCUT2D eigenvalue weighted by molar-refractivity contribution is 5.88. The number of aryl methyl sites for hydroxylation is 1. The number of hydrogen-bond donors (Lipinski definition) is 1. The molecule has 0 unspecified atom stereocenters. The number of hydrogen-bond acceptors (Lipinski definition) is 4. The Kier molecular flexibility index (Phi) is 3.08. The third-order valence-electron chi connectivity index (χ3n) is 1.63. The Hall–Kier alpha value is -2.02. The van der Waals surface area contributed by atoms with Gasteiger partial charge in [0.25, 0.3) is 0 Å². The Morgan fingerprint density at radius 3 is 2.93 bits per heavy atom. The van der Waals surface area contributed by atoms with E-state index in [4.69, 9.17) is 5.73 Å². The van der Waals surface area contributed by atoms with E-state index < -0.39 is 5.97 Å². The summed E-state index contributed by atoms with van der Waals surface area (Å²) in [7, 11) is 1.28. The Labute approximate surface area is 82.1 Å². The van der Waals surface area contributed by atoms with Crippen LogP contribution in [0.4, 0.5) is 5.69 Å². The van der Waals surface area contributed by atoms with Gasteiger partial charge in [-0.15, -0.1) is 0 Å². The minimum absolute atomic E-state index is 0.502. The molecule has 0 saturated carbocycles. The lowest BCUT2D eigenvalue weighted by Gasteiger charge is -1.97. The van der Waals surface area contributed by atoms with E-state index in [0.717, 1.165) is 5.56 Å². The van der Waals surface area contributed by atoms with Gasteiger partial charge in [0.1, 0.15) is 5.69 Å². The molecule has 72 valence electrons. The molecule has 0 aromatic carbocycles. The number of carbonyl (C=O) groups excluding carboxylic acids is 1. The lowest BCUT2D eigenvalue weighted by molar-refractivity contribution is -0.133. The average Bonchev–Trinajstić information content (AvgIpc) is 2.19. The van der Waals surface area contributed by atoms with E-state index in [-0.39, 0.29) is 0 Å². The van der Waals surface area contributed by atoms with Gasteiger partial charge in [0.15, 0.2) is 0 Å². The second-order valence-corrected chi connectivity index (χ2v) is 2.67. The quantitative estimate of drug-likeness (QED) is 0.478. The number of pyridine rings is 1. The molecule has 0 saturated heterocycles. The first kappa shape index (κ1) is 10.1. The summed E-state index contributed by atoms with van der Waals surface area (Å²) in [4.78, 5) is 14.6. The van der Waals surface area contributed by atoms with Crippen molar-refractivity contribution in [2.45, 2.75) is 6.92 Å². The zero-order valence-corrected chi connectivity index (χ0v) is 8.00. The van der Waals surface area contributed by atoms with Crippen molar-refractivity contribution < 1.29 is 9.53 Å². The van der Waals surface area contributed by atoms with E-state index in [1.54, 1.807) is 6.07 Å². The zero-order valence-electron chi connectivity index (χ0n) is 8.00. The molecular weight excluding hydrogens is 180 g/mol. The summed E-state index contributed by atoms with van der Waals surface area (Å²) in [6, 6.07) is 1.71. The highest BCUT2D eigenvalue weighted by atomic mass is 16.5. The van der Waals surface area contributed by atoms with Gasteiger partial charge in [-0.2, -0.15) is 0 Å². The van der Waals surface area contributed by atoms with Crippen molar-refractivity contribution in [3.8, 4) is 11.8 Å². The third kappa shape index (κ3) is 2.49. The molecule has 0 aliphatic rings. The first-order chi connectivity index (χ1) is 6.63. The third-order valence-corrected chi connectivity index (χ3v) is 1.63. The van der Waals surface area contributed by atoms with Gasteiger partial charge in [0.05, 0.1) is 19.0 Å². The van der Waals surface area contributed by atoms with E-state index in [0.29, 0.717) is 11.4 Å². The van der Waals surface area contributed by atoms with Crippen LogP contribution in [0.1, 0.15) is 11.3 Å². The standard InChI is InChI=1S/C10H10N2O2/c1-7-5-8(12-6-9(7)11)3-4-10(13)14-2/h5-6H,11H2,1-2H3. The molecule has 2 N–H and O–H groups in total. The van der Waals surface area contributed by atoms with E-state index >= 15 is 0 Å². The van der Waals surface area contributed by atoms with Crippen molar-refractivity contribution in [1.82, 2.24) is 4.98 Å². The summed E-state index contributed by atoms with van der Waals surface area (Å²) >= 11 is 0. The van der Waals surface area contributed by atoms with Crippen molar-refractivity contribution in [2.75, 3.05) is 12.8 Å². The second kappa shape index (κ2) is 4.28. The molecule has 0 fully saturated rings. The monoisotopic (exact) mass is 190 g/mol. The normalized spacial score (nSPS) is 8.71. The van der Waals surface area contributed by atoms with Gasteiger partial charge in [-0.3, -0.25) is 0 Å². The first-order valence-electron chi connectivity index (χ1n) is 3.95. The molecule has 1 heterocycles. The number of nitrogens with zero attached hydrogens (tertiary/aromatic N) is 1. The smallest absolute Gasteiger partial charge is 0.384 e. The maximum absolute atomic E-state index is 10.7. The molecule has 4 heteroatoms. The summed E-state index contributed by atoms with van der Waals surface area (Å²) in [5.74, 6) is 4.27. The minimum atomic E-state index is -0.582. The average molecular weight is 190 g/mol. The van der Waals surface area contributed by atoms with Crippen molar-refractivity contribution in [1.29, 1.82) is 0 Å². The summed E-state index contributed by atoms with van der Waals surface area (Å²) in [6.45, 7) is 1.85. The number of rotatable bonds is 0. The fraction of sp³-hybridized carbons (Fsp3) is 0.200. The summed E-state index contributed by atoms with van der Waals surface area (Å²) in [5, 5.41) is 0. The Balaban J connectivity index is 2.91. The minimum Gasteiger partial charge on any atom is -0.459 e. The van der Waals surface area contributed by atoms with Crippen molar-refractivity contribution in [3.05, 3.63) is 23.5 Å². The molecule has 0 atom stereocenters. The maximum atomic E-state index is 10.7. The molecule has 0 aliphatic heterocycles. The molecule has 0 aliphatic carbocycles. The summed E-state index contributed by atoms with van der Waals surface area (Å²) in [5.41, 5.74) is 7.56. The molecule has 1 aromatic heterocycles. The molecule has 1 rings (SSSR count). The van der Waals surface area contributed by atoms with E-state index in [9.17, 15) is 4.79 Å². The van der Waals surface area contributed by atoms with Crippen LogP contribution in [-0.2, 0) is 9.53 Å². The molecule has 4 nitrogen and oxygen atoms in total. The Morgan fingerprint density at radius 1 is 1.64 bits per heavy atom. The second-order valence-electron chi connectivity index (χ2n) is 2.67. The number of ether oxygens (including phenoxy) is 1. The van der Waals surface area contributed by atoms with Crippen LogP contribution in [-0.4, -0.2) is 18.1 Å². The number of carbonyl (C=O) groups is 1. The first-order valence-corrected chi connectivity index (χ1v) is 3.95. The van der Waals surface area contributed by atoms with Crippen LogP contribution in [0.15, 0.2) is 12.3 Å². The van der Waals surface area contributed by atoms with Gasteiger partial charge >= 0.3 is 5.97 Å². The summed E-state index contributed by atoms with van der Waals surface area (Å²) < 4.78 is 4.36. The molecule has 1 aromatic rings. The van der Waals surface area contributed by atoms with E-state index in [1.807, 2.05) is 6.92 Å². The molecule has 14 heavy (non-hydrogen) atoms. The van der Waals surface area contributed by atoms with Gasteiger partial charge in [-0.05, 0) is 24.5 Å². The Morgan fingerprint density at radius 2 is 2.36 bits per heavy atom. The van der Waals surface area contributed by atoms with Gasteiger partial charge in [-0.25, -0.2) is 9.78 Å². The fourth-order valence-corrected chi connectivity index (χ4v) is 0.801. The van der Waals surface area contributed by atoms with Crippen LogP contribution in [0.2, 0.25) is 0 Å². The number of methoxy groups -OCH3 is 1. The topological polar surface area (TPSA) is 65.2 Å².